The first-order valence-corrected chi connectivity index (χ1v) is 9.04. The van der Waals surface area contributed by atoms with Crippen LogP contribution in [0.25, 0.3) is 0 Å². The van der Waals surface area contributed by atoms with E-state index < -0.39 is 17.8 Å². The van der Waals surface area contributed by atoms with Gasteiger partial charge in [-0.05, 0) is 77.2 Å². The van der Waals surface area contributed by atoms with Crippen LogP contribution in [0.3, 0.4) is 0 Å². The average molecular weight is 470 g/mol. The summed E-state index contributed by atoms with van der Waals surface area (Å²) in [6.45, 7) is 0. The third-order valence-electron chi connectivity index (χ3n) is 4.01. The van der Waals surface area contributed by atoms with Crippen molar-refractivity contribution in [2.45, 2.75) is 0 Å². The molecule has 0 radical (unpaired) electrons. The van der Waals surface area contributed by atoms with Crippen LogP contribution in [0.4, 0.5) is 5.69 Å². The number of halogens is 1. The second-order valence-electron chi connectivity index (χ2n) is 5.74. The Bertz CT molecular complexity index is 1040. The molecule has 0 aliphatic carbocycles. The van der Waals surface area contributed by atoms with Crippen molar-refractivity contribution in [2.75, 3.05) is 4.90 Å². The lowest BCUT2D eigenvalue weighted by atomic mass is 10.2. The molecule has 4 rings (SSSR count). The van der Waals surface area contributed by atoms with Crippen molar-refractivity contribution < 1.29 is 19.1 Å². The summed E-state index contributed by atoms with van der Waals surface area (Å²) >= 11 is 2.16. The van der Waals surface area contributed by atoms with Crippen LogP contribution in [0.1, 0.15) is 31.2 Å². The number of ether oxygens (including phenoxy) is 1. The number of aromatic nitrogens is 1. The van der Waals surface area contributed by atoms with Crippen molar-refractivity contribution in [1.29, 1.82) is 0 Å². The molecule has 2 aromatic carbocycles. The molecule has 0 unspecified atom stereocenters. The number of nitrogens with zero attached hydrogens (tertiary/aromatic N) is 2. The van der Waals surface area contributed by atoms with Gasteiger partial charge in [-0.3, -0.25) is 14.6 Å². The molecule has 0 atom stereocenters. The Morgan fingerprint density at radius 1 is 0.963 bits per heavy atom. The maximum absolute atomic E-state index is 12.6. The summed E-state index contributed by atoms with van der Waals surface area (Å²) in [6.07, 6.45) is 1.46. The fourth-order valence-electron chi connectivity index (χ4n) is 2.74. The minimum absolute atomic E-state index is 0.106. The molecule has 7 heteroatoms. The molecule has 0 bridgehead atoms. The number of pyridine rings is 1. The van der Waals surface area contributed by atoms with Crippen LogP contribution in [0, 0.1) is 3.57 Å². The number of hydrogen-bond acceptors (Lipinski definition) is 5. The van der Waals surface area contributed by atoms with E-state index in [0.29, 0.717) is 11.4 Å². The number of hydrogen-bond donors (Lipinski definition) is 0. The van der Waals surface area contributed by atoms with E-state index in [0.717, 1.165) is 8.47 Å². The largest absolute Gasteiger partial charge is 0.423 e. The van der Waals surface area contributed by atoms with Crippen molar-refractivity contribution in [3.63, 3.8) is 0 Å². The molecule has 1 aliphatic rings. The van der Waals surface area contributed by atoms with E-state index in [-0.39, 0.29) is 16.8 Å². The summed E-state index contributed by atoms with van der Waals surface area (Å²) in [6, 6.07) is 16.4. The Hall–Kier alpha value is -3.07. The monoisotopic (exact) mass is 470 g/mol. The average Bonchev–Trinajstić information content (AvgIpc) is 2.95. The third kappa shape index (κ3) is 3.21. The Morgan fingerprint density at radius 3 is 2.48 bits per heavy atom. The van der Waals surface area contributed by atoms with E-state index in [1.165, 1.54) is 12.3 Å². The summed E-state index contributed by atoms with van der Waals surface area (Å²) in [5.41, 5.74) is 0.874. The number of anilines is 1. The maximum atomic E-state index is 12.6. The maximum Gasteiger partial charge on any atom is 0.343 e. The van der Waals surface area contributed by atoms with Crippen molar-refractivity contribution in [3.05, 3.63) is 87.3 Å². The molecule has 0 spiro atoms. The van der Waals surface area contributed by atoms with Crippen LogP contribution >= 0.6 is 22.6 Å². The predicted octanol–water partition coefficient (Wildman–Crippen LogP) is 3.71. The molecule has 132 valence electrons. The topological polar surface area (TPSA) is 76.6 Å². The minimum Gasteiger partial charge on any atom is -0.423 e. The lowest BCUT2D eigenvalue weighted by Crippen LogP contribution is -2.29. The van der Waals surface area contributed by atoms with Crippen molar-refractivity contribution in [3.8, 4) is 5.75 Å². The summed E-state index contributed by atoms with van der Waals surface area (Å²) in [7, 11) is 0. The Kier molecular flexibility index (Phi) is 4.44. The SMILES string of the molecule is O=C(Oc1ccc(I)cc1)c1cccc(N2C(=O)c3cccnc3C2=O)c1. The molecule has 27 heavy (non-hydrogen) atoms. The number of esters is 1. The zero-order valence-electron chi connectivity index (χ0n) is 13.8. The van der Waals surface area contributed by atoms with E-state index in [2.05, 4.69) is 27.6 Å². The van der Waals surface area contributed by atoms with Crippen molar-refractivity contribution in [1.82, 2.24) is 4.98 Å². The molecule has 3 aromatic rings. The zero-order valence-corrected chi connectivity index (χ0v) is 15.9. The summed E-state index contributed by atoms with van der Waals surface area (Å²) < 4.78 is 6.37. The molecular formula is C20H11IN2O4. The second kappa shape index (κ2) is 6.92. The molecule has 2 heterocycles. The van der Waals surface area contributed by atoms with Gasteiger partial charge in [-0.15, -0.1) is 0 Å². The summed E-state index contributed by atoms with van der Waals surface area (Å²) in [5.74, 6) is -1.14. The van der Waals surface area contributed by atoms with E-state index >= 15 is 0 Å². The highest BCUT2D eigenvalue weighted by molar-refractivity contribution is 14.1. The molecule has 1 aliphatic heterocycles. The van der Waals surface area contributed by atoms with Crippen LogP contribution in [0.2, 0.25) is 0 Å². The van der Waals surface area contributed by atoms with Crippen LogP contribution in [-0.4, -0.2) is 22.8 Å². The molecule has 0 N–H and O–H groups in total. The number of imide groups is 1. The Morgan fingerprint density at radius 2 is 1.74 bits per heavy atom. The molecule has 0 fully saturated rings. The molecular weight excluding hydrogens is 459 g/mol. The molecule has 1 aromatic heterocycles. The first kappa shape index (κ1) is 17.3. The standard InChI is InChI=1S/C20H11IN2O4/c21-13-6-8-15(9-7-13)27-20(26)12-3-1-4-14(11-12)23-18(24)16-5-2-10-22-17(16)19(23)25/h1-11H. The normalized spacial score (nSPS) is 12.9. The van der Waals surface area contributed by atoms with Gasteiger partial charge in [-0.1, -0.05) is 6.07 Å². The van der Waals surface area contributed by atoms with Gasteiger partial charge in [-0.25, -0.2) is 9.69 Å². The number of fused-ring (bicyclic) bond motifs is 1. The lowest BCUT2D eigenvalue weighted by Gasteiger charge is -2.14. The highest BCUT2D eigenvalue weighted by atomic mass is 127. The van der Waals surface area contributed by atoms with Gasteiger partial charge in [0.2, 0.25) is 0 Å². The van der Waals surface area contributed by atoms with Crippen molar-refractivity contribution >= 4 is 46.1 Å². The summed E-state index contributed by atoms with van der Waals surface area (Å²) in [5, 5.41) is 0. The Balaban J connectivity index is 1.62. The third-order valence-corrected chi connectivity index (χ3v) is 4.73. The minimum atomic E-state index is -0.576. The van der Waals surface area contributed by atoms with Crippen LogP contribution in [-0.2, 0) is 0 Å². The zero-order chi connectivity index (χ0) is 19.0. The van der Waals surface area contributed by atoms with Gasteiger partial charge in [0.15, 0.2) is 0 Å². The second-order valence-corrected chi connectivity index (χ2v) is 6.98. The highest BCUT2D eigenvalue weighted by Gasteiger charge is 2.37. The van der Waals surface area contributed by atoms with Crippen LogP contribution in [0.15, 0.2) is 66.9 Å². The van der Waals surface area contributed by atoms with Gasteiger partial charge in [0.1, 0.15) is 11.4 Å². The van der Waals surface area contributed by atoms with E-state index in [1.54, 1.807) is 42.5 Å². The number of amides is 2. The van der Waals surface area contributed by atoms with Crippen molar-refractivity contribution in [2.24, 2.45) is 0 Å². The number of carbonyl (C=O) groups excluding carboxylic acids is 3. The lowest BCUT2D eigenvalue weighted by molar-refractivity contribution is 0.0733. The predicted molar refractivity (Wildman–Crippen MR) is 106 cm³/mol. The van der Waals surface area contributed by atoms with Gasteiger partial charge in [0.25, 0.3) is 11.8 Å². The quantitative estimate of drug-likeness (QED) is 0.253. The highest BCUT2D eigenvalue weighted by Crippen LogP contribution is 2.28. The van der Waals surface area contributed by atoms with Crippen LogP contribution in [0.5, 0.6) is 5.75 Å². The number of carbonyl (C=O) groups is 3. The fourth-order valence-corrected chi connectivity index (χ4v) is 3.10. The van der Waals surface area contributed by atoms with Gasteiger partial charge >= 0.3 is 5.97 Å². The smallest absolute Gasteiger partial charge is 0.343 e. The fraction of sp³-hybridized carbons (Fsp3) is 0. The number of benzene rings is 2. The van der Waals surface area contributed by atoms with E-state index in [1.807, 2.05) is 12.1 Å². The van der Waals surface area contributed by atoms with Gasteiger partial charge < -0.3 is 4.74 Å². The van der Waals surface area contributed by atoms with E-state index in [9.17, 15) is 14.4 Å². The number of rotatable bonds is 3. The first-order valence-electron chi connectivity index (χ1n) is 7.96. The molecule has 0 saturated carbocycles. The van der Waals surface area contributed by atoms with Gasteiger partial charge in [0, 0.05) is 9.77 Å². The van der Waals surface area contributed by atoms with E-state index in [4.69, 9.17) is 4.74 Å². The van der Waals surface area contributed by atoms with Crippen LogP contribution < -0.4 is 9.64 Å². The Labute approximate surface area is 167 Å². The molecule has 0 saturated heterocycles. The van der Waals surface area contributed by atoms with Gasteiger partial charge in [-0.2, -0.15) is 0 Å². The molecule has 2 amide bonds. The first-order chi connectivity index (χ1) is 13.0. The van der Waals surface area contributed by atoms with Gasteiger partial charge in [0.05, 0.1) is 16.8 Å². The molecule has 6 nitrogen and oxygen atoms in total. The summed E-state index contributed by atoms with van der Waals surface area (Å²) in [4.78, 5) is 42.5.